The third-order valence-corrected chi connectivity index (χ3v) is 3.85. The first-order valence-corrected chi connectivity index (χ1v) is 7.95. The van der Waals surface area contributed by atoms with Gasteiger partial charge < -0.3 is 19.6 Å². The summed E-state index contributed by atoms with van der Waals surface area (Å²) in [6, 6.07) is 3.59. The normalized spacial score (nSPS) is 14.6. The van der Waals surface area contributed by atoms with Crippen LogP contribution in [0, 0.1) is 6.92 Å². The van der Waals surface area contributed by atoms with Crippen LogP contribution in [-0.2, 0) is 0 Å². The van der Waals surface area contributed by atoms with E-state index in [4.69, 9.17) is 4.52 Å². The number of rotatable bonds is 4. The minimum Gasteiger partial charge on any atom is -0.360 e. The van der Waals surface area contributed by atoms with Crippen LogP contribution in [0.2, 0.25) is 0 Å². The van der Waals surface area contributed by atoms with E-state index in [2.05, 4.69) is 45.4 Å². The minimum absolute atomic E-state index is 0.389. The molecule has 0 aliphatic carbocycles. The molecular weight excluding hydrogens is 322 g/mol. The van der Waals surface area contributed by atoms with Crippen LogP contribution in [-0.4, -0.2) is 56.5 Å². The Bertz CT molecular complexity index is 830. The number of nitrogens with zero attached hydrogens (tertiary/aromatic N) is 8. The van der Waals surface area contributed by atoms with Crippen LogP contribution in [0.4, 0.5) is 23.5 Å². The summed E-state index contributed by atoms with van der Waals surface area (Å²) in [4.78, 5) is 17.4. The van der Waals surface area contributed by atoms with Crippen molar-refractivity contribution in [2.45, 2.75) is 6.92 Å². The summed E-state index contributed by atoms with van der Waals surface area (Å²) >= 11 is 0. The lowest BCUT2D eigenvalue weighted by Gasteiger charge is -2.35. The zero-order valence-corrected chi connectivity index (χ0v) is 13.7. The molecule has 10 nitrogen and oxygen atoms in total. The highest BCUT2D eigenvalue weighted by atomic mass is 16.5. The number of aromatic nitrogens is 6. The van der Waals surface area contributed by atoms with Gasteiger partial charge in [0.05, 0.1) is 6.20 Å². The highest BCUT2D eigenvalue weighted by Gasteiger charge is 2.20. The van der Waals surface area contributed by atoms with Crippen molar-refractivity contribution < 1.29 is 4.52 Å². The summed E-state index contributed by atoms with van der Waals surface area (Å²) in [5, 5.41) is 14.9. The van der Waals surface area contributed by atoms with Crippen LogP contribution in [0.5, 0.6) is 0 Å². The Labute approximate surface area is 143 Å². The van der Waals surface area contributed by atoms with E-state index in [0.717, 1.165) is 37.9 Å². The first kappa shape index (κ1) is 15.2. The monoisotopic (exact) mass is 339 g/mol. The van der Waals surface area contributed by atoms with Crippen molar-refractivity contribution in [3.05, 3.63) is 36.5 Å². The van der Waals surface area contributed by atoms with Crippen LogP contribution >= 0.6 is 0 Å². The van der Waals surface area contributed by atoms with Gasteiger partial charge in [-0.2, -0.15) is 10.1 Å². The van der Waals surface area contributed by atoms with E-state index in [1.807, 2.05) is 13.0 Å². The van der Waals surface area contributed by atoms with Gasteiger partial charge >= 0.3 is 0 Å². The molecule has 0 bridgehead atoms. The Balaban J connectivity index is 1.42. The Kier molecular flexibility index (Phi) is 4.07. The Morgan fingerprint density at radius 3 is 2.56 bits per heavy atom. The molecule has 4 rings (SSSR count). The van der Waals surface area contributed by atoms with E-state index >= 15 is 0 Å². The van der Waals surface area contributed by atoms with E-state index in [9.17, 15) is 0 Å². The molecule has 3 aromatic heterocycles. The molecule has 0 saturated carbocycles. The molecule has 0 aromatic carbocycles. The summed E-state index contributed by atoms with van der Waals surface area (Å²) in [5.41, 5.74) is 0. The number of hydrogen-bond acceptors (Lipinski definition) is 10. The van der Waals surface area contributed by atoms with Crippen molar-refractivity contribution in [2.24, 2.45) is 0 Å². The predicted molar refractivity (Wildman–Crippen MR) is 90.8 cm³/mol. The van der Waals surface area contributed by atoms with Crippen LogP contribution in [0.15, 0.2) is 35.2 Å². The van der Waals surface area contributed by atoms with E-state index in [1.165, 1.54) is 0 Å². The van der Waals surface area contributed by atoms with Gasteiger partial charge in [0.1, 0.15) is 5.76 Å². The molecule has 3 aromatic rings. The Hall–Kier alpha value is -3.30. The number of piperazine rings is 1. The summed E-state index contributed by atoms with van der Waals surface area (Å²) in [7, 11) is 0. The van der Waals surface area contributed by atoms with Crippen molar-refractivity contribution >= 4 is 23.5 Å². The smallest absolute Gasteiger partial charge is 0.250 e. The fourth-order valence-electron chi connectivity index (χ4n) is 2.63. The van der Waals surface area contributed by atoms with Gasteiger partial charge in [-0.05, 0) is 13.0 Å². The van der Waals surface area contributed by atoms with Gasteiger partial charge in [-0.25, -0.2) is 9.97 Å². The van der Waals surface area contributed by atoms with Gasteiger partial charge in [-0.15, -0.1) is 5.10 Å². The molecule has 0 amide bonds. The molecule has 1 N–H and O–H groups in total. The highest BCUT2D eigenvalue weighted by Crippen LogP contribution is 2.18. The molecule has 0 spiro atoms. The number of anilines is 4. The van der Waals surface area contributed by atoms with E-state index in [0.29, 0.717) is 17.5 Å². The first-order valence-electron chi connectivity index (χ1n) is 7.95. The summed E-state index contributed by atoms with van der Waals surface area (Å²) < 4.78 is 5.02. The van der Waals surface area contributed by atoms with Gasteiger partial charge in [0.2, 0.25) is 11.9 Å². The summed E-state index contributed by atoms with van der Waals surface area (Å²) in [6.07, 6.45) is 5.17. The van der Waals surface area contributed by atoms with Gasteiger partial charge in [0, 0.05) is 44.6 Å². The average molecular weight is 339 g/mol. The molecule has 128 valence electrons. The van der Waals surface area contributed by atoms with Crippen molar-refractivity contribution in [1.82, 2.24) is 30.3 Å². The number of aryl methyl sites for hydroxylation is 1. The van der Waals surface area contributed by atoms with Gasteiger partial charge in [0.25, 0.3) is 0 Å². The van der Waals surface area contributed by atoms with Gasteiger partial charge in [-0.1, -0.05) is 5.16 Å². The van der Waals surface area contributed by atoms with E-state index < -0.39 is 0 Å². The zero-order chi connectivity index (χ0) is 17.1. The highest BCUT2D eigenvalue weighted by molar-refractivity contribution is 5.50. The van der Waals surface area contributed by atoms with Gasteiger partial charge in [-0.3, -0.25) is 0 Å². The Morgan fingerprint density at radius 2 is 1.84 bits per heavy atom. The average Bonchev–Trinajstić information content (AvgIpc) is 3.07. The minimum atomic E-state index is 0.389. The maximum absolute atomic E-state index is 5.02. The largest absolute Gasteiger partial charge is 0.360 e. The van der Waals surface area contributed by atoms with Crippen molar-refractivity contribution in [3.63, 3.8) is 0 Å². The van der Waals surface area contributed by atoms with Crippen LogP contribution in [0.3, 0.4) is 0 Å². The summed E-state index contributed by atoms with van der Waals surface area (Å²) in [5.74, 6) is 3.19. The topological polar surface area (TPSA) is 109 Å². The van der Waals surface area contributed by atoms with Crippen LogP contribution in [0.1, 0.15) is 5.76 Å². The molecule has 1 aliphatic heterocycles. The quantitative estimate of drug-likeness (QED) is 0.740. The SMILES string of the molecule is Cc1cc(Nc2nncc(N3CCN(c4ncccn4)CC3)n2)no1. The molecule has 25 heavy (non-hydrogen) atoms. The number of hydrogen-bond donors (Lipinski definition) is 1. The Morgan fingerprint density at radius 1 is 1.08 bits per heavy atom. The lowest BCUT2D eigenvalue weighted by molar-refractivity contribution is 0.400. The first-order chi connectivity index (χ1) is 12.3. The van der Waals surface area contributed by atoms with Crippen molar-refractivity contribution in [1.29, 1.82) is 0 Å². The second-order valence-corrected chi connectivity index (χ2v) is 5.61. The molecule has 10 heteroatoms. The molecule has 1 aliphatic rings. The standard InChI is InChI=1S/C15H17N9O/c1-11-9-12(22-25-11)19-14-20-13(10-18-21-14)23-5-7-24(8-6-23)15-16-3-2-4-17-15/h2-4,9-10H,5-8H2,1H3,(H,19,20,21,22). The molecule has 4 heterocycles. The third kappa shape index (κ3) is 3.47. The van der Waals surface area contributed by atoms with Crippen LogP contribution < -0.4 is 15.1 Å². The molecule has 0 unspecified atom stereocenters. The maximum atomic E-state index is 5.02. The fraction of sp³-hybridized carbons (Fsp3) is 0.333. The fourth-order valence-corrected chi connectivity index (χ4v) is 2.63. The molecule has 1 fully saturated rings. The third-order valence-electron chi connectivity index (χ3n) is 3.85. The van der Waals surface area contributed by atoms with Gasteiger partial charge in [0.15, 0.2) is 11.6 Å². The van der Waals surface area contributed by atoms with E-state index in [-0.39, 0.29) is 0 Å². The second kappa shape index (κ2) is 6.67. The zero-order valence-electron chi connectivity index (χ0n) is 13.7. The van der Waals surface area contributed by atoms with Crippen molar-refractivity contribution in [3.8, 4) is 0 Å². The second-order valence-electron chi connectivity index (χ2n) is 5.61. The maximum Gasteiger partial charge on any atom is 0.250 e. The molecule has 0 radical (unpaired) electrons. The summed E-state index contributed by atoms with van der Waals surface area (Å²) in [6.45, 7) is 5.07. The molecule has 1 saturated heterocycles. The van der Waals surface area contributed by atoms with Crippen LogP contribution in [0.25, 0.3) is 0 Å². The molecular formula is C15H17N9O. The van der Waals surface area contributed by atoms with Crippen molar-refractivity contribution in [2.75, 3.05) is 41.3 Å². The van der Waals surface area contributed by atoms with E-state index in [1.54, 1.807) is 24.7 Å². The lowest BCUT2D eigenvalue weighted by atomic mass is 10.3. The number of nitrogens with one attached hydrogen (secondary N) is 1. The predicted octanol–water partition coefficient (Wildman–Crippen LogP) is 1.03. The molecule has 0 atom stereocenters. The lowest BCUT2D eigenvalue weighted by Crippen LogP contribution is -2.47.